The lowest BCUT2D eigenvalue weighted by Crippen LogP contribution is -2.42. The molecule has 0 heterocycles. The first kappa shape index (κ1) is 21.3. The van der Waals surface area contributed by atoms with Gasteiger partial charge in [-0.1, -0.05) is 26.2 Å². The summed E-state index contributed by atoms with van der Waals surface area (Å²) in [5, 5.41) is 6.72. The minimum Gasteiger partial charge on any atom is -0.382 e. The number of aliphatic imine (C=N–C) groups is 1. The van der Waals surface area contributed by atoms with Crippen LogP contribution in [0.25, 0.3) is 0 Å². The van der Waals surface area contributed by atoms with Gasteiger partial charge in [-0.15, -0.1) is 24.0 Å². The zero-order chi connectivity index (χ0) is 13.6. The number of rotatable bonds is 10. The molecule has 116 valence electrons. The Kier molecular flexibility index (Phi) is 17.9. The van der Waals surface area contributed by atoms with Crippen molar-refractivity contribution >= 4 is 29.9 Å². The van der Waals surface area contributed by atoms with Gasteiger partial charge in [0.1, 0.15) is 0 Å². The Morgan fingerprint density at radius 2 is 1.95 bits per heavy atom. The highest BCUT2D eigenvalue weighted by Crippen LogP contribution is 2.02. The first-order valence-corrected chi connectivity index (χ1v) is 7.29. The summed E-state index contributed by atoms with van der Waals surface area (Å²) < 4.78 is 5.30. The molecule has 0 fully saturated rings. The number of hydrogen-bond donors (Lipinski definition) is 2. The zero-order valence-electron chi connectivity index (χ0n) is 13.0. The summed E-state index contributed by atoms with van der Waals surface area (Å²) in [6, 6.07) is 0.481. The number of guanidine groups is 1. The third-order valence-corrected chi connectivity index (χ3v) is 2.81. The zero-order valence-corrected chi connectivity index (χ0v) is 15.3. The van der Waals surface area contributed by atoms with Crippen molar-refractivity contribution in [2.75, 3.05) is 26.8 Å². The third kappa shape index (κ3) is 14.2. The molecule has 0 aliphatic carbocycles. The molecule has 0 saturated carbocycles. The van der Waals surface area contributed by atoms with Crippen molar-refractivity contribution < 1.29 is 4.74 Å². The summed E-state index contributed by atoms with van der Waals surface area (Å²) in [6.45, 7) is 8.97. The van der Waals surface area contributed by atoms with E-state index in [2.05, 4.69) is 29.5 Å². The van der Waals surface area contributed by atoms with E-state index in [1.165, 1.54) is 25.7 Å². The van der Waals surface area contributed by atoms with Gasteiger partial charge in [-0.05, 0) is 26.7 Å². The van der Waals surface area contributed by atoms with E-state index in [1.807, 2.05) is 14.0 Å². The van der Waals surface area contributed by atoms with Gasteiger partial charge in [0.05, 0.1) is 0 Å². The van der Waals surface area contributed by atoms with Crippen molar-refractivity contribution in [3.8, 4) is 0 Å². The van der Waals surface area contributed by atoms with Gasteiger partial charge in [0.2, 0.25) is 0 Å². The summed E-state index contributed by atoms with van der Waals surface area (Å²) in [5.74, 6) is 0.899. The summed E-state index contributed by atoms with van der Waals surface area (Å²) in [5.41, 5.74) is 0. The Morgan fingerprint density at radius 1 is 1.21 bits per heavy atom. The molecule has 0 aromatic carbocycles. The number of hydrogen-bond acceptors (Lipinski definition) is 2. The minimum atomic E-state index is 0. The number of nitrogens with zero attached hydrogens (tertiary/aromatic N) is 1. The Morgan fingerprint density at radius 3 is 2.53 bits per heavy atom. The molecule has 5 heteroatoms. The molecule has 19 heavy (non-hydrogen) atoms. The maximum absolute atomic E-state index is 5.30. The van der Waals surface area contributed by atoms with Gasteiger partial charge in [0.15, 0.2) is 5.96 Å². The van der Waals surface area contributed by atoms with Crippen LogP contribution < -0.4 is 10.6 Å². The highest BCUT2D eigenvalue weighted by molar-refractivity contribution is 14.0. The van der Waals surface area contributed by atoms with Crippen LogP contribution in [0.3, 0.4) is 0 Å². The minimum absolute atomic E-state index is 0. The van der Waals surface area contributed by atoms with E-state index < -0.39 is 0 Å². The predicted molar refractivity (Wildman–Crippen MR) is 94.6 cm³/mol. The largest absolute Gasteiger partial charge is 0.382 e. The average Bonchev–Trinajstić information content (AvgIpc) is 2.37. The van der Waals surface area contributed by atoms with Gasteiger partial charge >= 0.3 is 0 Å². The fourth-order valence-corrected chi connectivity index (χ4v) is 1.73. The first-order chi connectivity index (χ1) is 8.74. The monoisotopic (exact) mass is 385 g/mol. The summed E-state index contributed by atoms with van der Waals surface area (Å²) >= 11 is 0. The molecule has 1 atom stereocenters. The van der Waals surface area contributed by atoms with Gasteiger partial charge in [-0.25, -0.2) is 0 Å². The molecule has 4 nitrogen and oxygen atoms in total. The number of unbranched alkanes of at least 4 members (excludes halogenated alkanes) is 2. The van der Waals surface area contributed by atoms with E-state index in [-0.39, 0.29) is 24.0 Å². The molecule has 0 rings (SSSR count). The number of halogens is 1. The second-order valence-corrected chi connectivity index (χ2v) is 4.59. The second kappa shape index (κ2) is 16.0. The molecule has 0 amide bonds. The number of nitrogens with one attached hydrogen (secondary N) is 2. The molecule has 0 spiro atoms. The maximum atomic E-state index is 5.30. The van der Waals surface area contributed by atoms with E-state index in [0.29, 0.717) is 6.04 Å². The Hall–Kier alpha value is -0.0400. The van der Waals surface area contributed by atoms with E-state index in [4.69, 9.17) is 4.74 Å². The maximum Gasteiger partial charge on any atom is 0.191 e. The molecule has 0 bridgehead atoms. The topological polar surface area (TPSA) is 45.7 Å². The van der Waals surface area contributed by atoms with E-state index in [0.717, 1.165) is 32.1 Å². The Bertz CT molecular complexity index is 213. The van der Waals surface area contributed by atoms with Gasteiger partial charge in [0, 0.05) is 32.8 Å². The highest BCUT2D eigenvalue weighted by Gasteiger charge is 2.04. The molecule has 2 N–H and O–H groups in total. The molecule has 0 aromatic heterocycles. The van der Waals surface area contributed by atoms with Crippen molar-refractivity contribution in [3.05, 3.63) is 0 Å². The van der Waals surface area contributed by atoms with Gasteiger partial charge in [0.25, 0.3) is 0 Å². The normalized spacial score (nSPS) is 12.7. The fourth-order valence-electron chi connectivity index (χ4n) is 1.73. The van der Waals surface area contributed by atoms with Crippen LogP contribution in [-0.2, 0) is 4.74 Å². The molecule has 0 aromatic rings. The third-order valence-electron chi connectivity index (χ3n) is 2.81. The van der Waals surface area contributed by atoms with Crippen molar-refractivity contribution in [3.63, 3.8) is 0 Å². The van der Waals surface area contributed by atoms with Crippen molar-refractivity contribution in [1.29, 1.82) is 0 Å². The van der Waals surface area contributed by atoms with Gasteiger partial charge in [-0.2, -0.15) is 0 Å². The van der Waals surface area contributed by atoms with Crippen LogP contribution in [0.15, 0.2) is 4.99 Å². The van der Waals surface area contributed by atoms with Crippen molar-refractivity contribution in [2.45, 2.75) is 58.9 Å². The summed E-state index contributed by atoms with van der Waals surface area (Å²) in [6.07, 6.45) is 6.09. The predicted octanol–water partition coefficient (Wildman–Crippen LogP) is 3.16. The molecular formula is C14H32IN3O. The smallest absolute Gasteiger partial charge is 0.191 e. The second-order valence-electron chi connectivity index (χ2n) is 4.59. The van der Waals surface area contributed by atoms with E-state index >= 15 is 0 Å². The fraction of sp³-hybridized carbons (Fsp3) is 0.929. The first-order valence-electron chi connectivity index (χ1n) is 7.29. The lowest BCUT2D eigenvalue weighted by molar-refractivity contribution is 0.145. The average molecular weight is 385 g/mol. The highest BCUT2D eigenvalue weighted by atomic mass is 127. The van der Waals surface area contributed by atoms with Crippen LogP contribution in [-0.4, -0.2) is 38.8 Å². The number of ether oxygens (including phenoxy) is 1. The molecule has 0 saturated heterocycles. The van der Waals surface area contributed by atoms with Crippen molar-refractivity contribution in [2.24, 2.45) is 4.99 Å². The van der Waals surface area contributed by atoms with Crippen molar-refractivity contribution in [1.82, 2.24) is 10.6 Å². The van der Waals surface area contributed by atoms with Crippen LogP contribution in [0.4, 0.5) is 0 Å². The summed E-state index contributed by atoms with van der Waals surface area (Å²) in [4.78, 5) is 4.23. The molecule has 0 aliphatic heterocycles. The summed E-state index contributed by atoms with van der Waals surface area (Å²) in [7, 11) is 1.82. The van der Waals surface area contributed by atoms with Gasteiger partial charge in [-0.3, -0.25) is 4.99 Å². The van der Waals surface area contributed by atoms with Crippen LogP contribution in [0.1, 0.15) is 52.9 Å². The SMILES string of the molecule is CCCCCC(C)NC(=NC)NCCCOCC.I. The van der Waals surface area contributed by atoms with Crippen LogP contribution >= 0.6 is 24.0 Å². The molecular weight excluding hydrogens is 353 g/mol. The quantitative estimate of drug-likeness (QED) is 0.263. The van der Waals surface area contributed by atoms with E-state index in [1.54, 1.807) is 0 Å². The lowest BCUT2D eigenvalue weighted by atomic mass is 10.1. The van der Waals surface area contributed by atoms with Crippen LogP contribution in [0.5, 0.6) is 0 Å². The Balaban J connectivity index is 0. The van der Waals surface area contributed by atoms with Crippen LogP contribution in [0, 0.1) is 0 Å². The molecule has 0 radical (unpaired) electrons. The molecule has 0 aliphatic rings. The lowest BCUT2D eigenvalue weighted by Gasteiger charge is -2.17. The van der Waals surface area contributed by atoms with E-state index in [9.17, 15) is 0 Å². The van der Waals surface area contributed by atoms with Gasteiger partial charge < -0.3 is 15.4 Å². The Labute approximate surface area is 136 Å². The molecule has 1 unspecified atom stereocenters. The standard InChI is InChI=1S/C14H31N3O.HI/c1-5-7-8-10-13(3)17-14(15-4)16-11-9-12-18-6-2;/h13H,5-12H2,1-4H3,(H2,15,16,17);1H. The van der Waals surface area contributed by atoms with Crippen LogP contribution in [0.2, 0.25) is 0 Å².